The molecular weight excluding hydrogens is 218 g/mol. The number of fused-ring (bicyclic) bond motifs is 2. The Hall–Kier alpha value is -1.79. The first-order valence-corrected chi connectivity index (χ1v) is 4.92. The first kappa shape index (κ1) is 10.7. The van der Waals surface area contributed by atoms with Crippen molar-refractivity contribution in [1.82, 2.24) is 4.90 Å². The van der Waals surface area contributed by atoms with Crippen molar-refractivity contribution in [3.63, 3.8) is 0 Å². The number of carboxylic acid groups (broad SMARTS) is 3. The summed E-state index contributed by atoms with van der Waals surface area (Å²) < 4.78 is 0. The molecule has 0 radical (unpaired) electrons. The maximum absolute atomic E-state index is 11.0. The van der Waals surface area contributed by atoms with Crippen LogP contribution in [0.25, 0.3) is 0 Å². The van der Waals surface area contributed by atoms with E-state index in [1.807, 2.05) is 0 Å². The van der Waals surface area contributed by atoms with Crippen molar-refractivity contribution in [2.75, 3.05) is 0 Å². The quantitative estimate of drug-likeness (QED) is 0.609. The van der Waals surface area contributed by atoms with Crippen LogP contribution in [0, 0.1) is 11.8 Å². The van der Waals surface area contributed by atoms with E-state index in [4.69, 9.17) is 15.3 Å². The molecule has 4 atom stereocenters. The summed E-state index contributed by atoms with van der Waals surface area (Å²) in [6, 6.07) is -1.39. The molecular formula is C9H11NO6. The van der Waals surface area contributed by atoms with Crippen molar-refractivity contribution in [1.29, 1.82) is 0 Å². The zero-order valence-corrected chi connectivity index (χ0v) is 8.24. The lowest BCUT2D eigenvalue weighted by Gasteiger charge is -2.21. The van der Waals surface area contributed by atoms with Gasteiger partial charge in [-0.3, -0.25) is 9.59 Å². The number of carboxylic acids is 2. The molecule has 0 aromatic rings. The lowest BCUT2D eigenvalue weighted by atomic mass is 9.79. The molecule has 2 aliphatic rings. The van der Waals surface area contributed by atoms with Gasteiger partial charge in [-0.1, -0.05) is 0 Å². The number of carbonyl (C=O) groups is 3. The second-order valence-corrected chi connectivity index (χ2v) is 4.13. The minimum atomic E-state index is -1.23. The summed E-state index contributed by atoms with van der Waals surface area (Å²) in [6.07, 6.45) is -0.377. The number of aliphatic carboxylic acids is 2. The molecule has 2 rings (SSSR count). The van der Waals surface area contributed by atoms with Crippen molar-refractivity contribution in [2.24, 2.45) is 11.8 Å². The smallest absolute Gasteiger partial charge is 0.407 e. The summed E-state index contributed by atoms with van der Waals surface area (Å²) in [4.78, 5) is 33.9. The predicted octanol–water partition coefficient (Wildman–Crippen LogP) is -0.0874. The van der Waals surface area contributed by atoms with Crippen LogP contribution >= 0.6 is 0 Å². The molecule has 2 heterocycles. The van der Waals surface area contributed by atoms with Crippen LogP contribution in [0.5, 0.6) is 0 Å². The number of rotatable bonds is 2. The third-order valence-electron chi connectivity index (χ3n) is 3.48. The summed E-state index contributed by atoms with van der Waals surface area (Å²) in [5.41, 5.74) is 0. The third-order valence-corrected chi connectivity index (χ3v) is 3.48. The summed E-state index contributed by atoms with van der Waals surface area (Å²) in [7, 11) is 0. The van der Waals surface area contributed by atoms with Crippen molar-refractivity contribution in [2.45, 2.75) is 24.9 Å². The molecule has 2 saturated heterocycles. The highest BCUT2D eigenvalue weighted by atomic mass is 16.4. The highest BCUT2D eigenvalue weighted by Crippen LogP contribution is 2.46. The molecule has 1 amide bonds. The van der Waals surface area contributed by atoms with Gasteiger partial charge in [0, 0.05) is 12.1 Å². The zero-order valence-electron chi connectivity index (χ0n) is 8.24. The molecule has 7 nitrogen and oxygen atoms in total. The van der Waals surface area contributed by atoms with E-state index in [-0.39, 0.29) is 0 Å². The number of hydrogen-bond donors (Lipinski definition) is 3. The SMILES string of the molecule is O=C(O)C1C(C(=O)O)C2CCC1N2C(=O)O. The summed E-state index contributed by atoms with van der Waals surface area (Å²) in [5, 5.41) is 26.9. The van der Waals surface area contributed by atoms with E-state index in [1.54, 1.807) is 0 Å². The molecule has 2 fully saturated rings. The van der Waals surface area contributed by atoms with E-state index in [0.29, 0.717) is 12.8 Å². The van der Waals surface area contributed by atoms with Crippen LogP contribution in [0.3, 0.4) is 0 Å². The Morgan fingerprint density at radius 2 is 1.25 bits per heavy atom. The van der Waals surface area contributed by atoms with Crippen LogP contribution in [0.1, 0.15) is 12.8 Å². The van der Waals surface area contributed by atoms with Gasteiger partial charge in [0.05, 0.1) is 11.8 Å². The fourth-order valence-corrected chi connectivity index (χ4v) is 2.97. The van der Waals surface area contributed by atoms with Crippen LogP contribution in [0.15, 0.2) is 0 Å². The Labute approximate surface area is 90.3 Å². The lowest BCUT2D eigenvalue weighted by Crippen LogP contribution is -2.38. The highest BCUT2D eigenvalue weighted by Gasteiger charge is 2.60. The number of amides is 1. The third kappa shape index (κ3) is 1.24. The highest BCUT2D eigenvalue weighted by molar-refractivity contribution is 5.84. The van der Waals surface area contributed by atoms with Gasteiger partial charge in [-0.2, -0.15) is 0 Å². The topological polar surface area (TPSA) is 115 Å². The van der Waals surface area contributed by atoms with Gasteiger partial charge in [0.15, 0.2) is 0 Å². The monoisotopic (exact) mass is 229 g/mol. The maximum atomic E-state index is 11.0. The molecule has 0 saturated carbocycles. The van der Waals surface area contributed by atoms with Crippen LogP contribution in [-0.4, -0.2) is 50.3 Å². The van der Waals surface area contributed by atoms with Gasteiger partial charge >= 0.3 is 18.0 Å². The Morgan fingerprint density at radius 1 is 0.875 bits per heavy atom. The first-order valence-electron chi connectivity index (χ1n) is 4.92. The van der Waals surface area contributed by atoms with Crippen molar-refractivity contribution in [3.05, 3.63) is 0 Å². The summed E-state index contributed by atoms with van der Waals surface area (Å²) in [6.45, 7) is 0. The molecule has 7 heteroatoms. The van der Waals surface area contributed by atoms with Crippen molar-refractivity contribution < 1.29 is 29.7 Å². The zero-order chi connectivity index (χ0) is 12.0. The van der Waals surface area contributed by atoms with Crippen molar-refractivity contribution in [3.8, 4) is 0 Å². The average Bonchev–Trinajstić information content (AvgIpc) is 2.70. The van der Waals surface area contributed by atoms with Crippen molar-refractivity contribution >= 4 is 18.0 Å². The molecule has 16 heavy (non-hydrogen) atoms. The van der Waals surface area contributed by atoms with E-state index in [9.17, 15) is 14.4 Å². The Bertz CT molecular complexity index is 339. The molecule has 3 N–H and O–H groups in total. The average molecular weight is 229 g/mol. The standard InChI is InChI=1S/C9H11NO6/c11-7(12)5-3-1-2-4(6(5)8(13)14)10(3)9(15)16/h3-6H,1-2H2,(H,11,12)(H,13,14)(H,15,16). The van der Waals surface area contributed by atoms with Gasteiger partial charge in [-0.05, 0) is 12.8 Å². The molecule has 0 aliphatic carbocycles. The lowest BCUT2D eigenvalue weighted by molar-refractivity contribution is -0.154. The fraction of sp³-hybridized carbons (Fsp3) is 0.667. The van der Waals surface area contributed by atoms with E-state index >= 15 is 0 Å². The van der Waals surface area contributed by atoms with Gasteiger partial charge in [0.25, 0.3) is 0 Å². The van der Waals surface area contributed by atoms with Gasteiger partial charge in [-0.15, -0.1) is 0 Å². The largest absolute Gasteiger partial charge is 0.481 e. The second kappa shape index (κ2) is 3.36. The molecule has 4 unspecified atom stereocenters. The van der Waals surface area contributed by atoms with Gasteiger partial charge in [0.1, 0.15) is 0 Å². The second-order valence-electron chi connectivity index (χ2n) is 4.13. The molecule has 88 valence electrons. The minimum absolute atomic E-state index is 0.428. The predicted molar refractivity (Wildman–Crippen MR) is 48.9 cm³/mol. The Balaban J connectivity index is 2.37. The Morgan fingerprint density at radius 3 is 1.50 bits per heavy atom. The Kier molecular flexibility index (Phi) is 2.25. The van der Waals surface area contributed by atoms with Crippen LogP contribution < -0.4 is 0 Å². The van der Waals surface area contributed by atoms with E-state index in [2.05, 4.69) is 0 Å². The van der Waals surface area contributed by atoms with Gasteiger partial charge < -0.3 is 20.2 Å². The molecule has 0 spiro atoms. The number of nitrogens with zero attached hydrogens (tertiary/aromatic N) is 1. The molecule has 0 aromatic carbocycles. The van der Waals surface area contributed by atoms with E-state index in [0.717, 1.165) is 4.90 Å². The normalized spacial score (nSPS) is 36.4. The molecule has 2 bridgehead atoms. The fourth-order valence-electron chi connectivity index (χ4n) is 2.97. The van der Waals surface area contributed by atoms with Gasteiger partial charge in [-0.25, -0.2) is 4.79 Å². The summed E-state index contributed by atoms with van der Waals surface area (Å²) in [5.74, 6) is -4.70. The van der Waals surface area contributed by atoms with Crippen LogP contribution in [0.2, 0.25) is 0 Å². The maximum Gasteiger partial charge on any atom is 0.407 e. The molecule has 0 aromatic heterocycles. The molecule has 2 aliphatic heterocycles. The van der Waals surface area contributed by atoms with Crippen LogP contribution in [-0.2, 0) is 9.59 Å². The summed E-state index contributed by atoms with van der Waals surface area (Å²) >= 11 is 0. The van der Waals surface area contributed by atoms with E-state index < -0.39 is 42.0 Å². The van der Waals surface area contributed by atoms with E-state index in [1.165, 1.54) is 0 Å². The minimum Gasteiger partial charge on any atom is -0.481 e. The first-order chi connectivity index (χ1) is 7.45. The van der Waals surface area contributed by atoms with Crippen LogP contribution in [0.4, 0.5) is 4.79 Å². The van der Waals surface area contributed by atoms with Gasteiger partial charge in [0.2, 0.25) is 0 Å². The number of hydrogen-bond acceptors (Lipinski definition) is 3.